The fraction of sp³-hybridized carbons (Fsp3) is 0.583. The first-order chi connectivity index (χ1) is 9.05. The number of nitrogens with one attached hydrogen (secondary N) is 1. The molecule has 102 valence electrons. The molecule has 0 atom stereocenters. The predicted molar refractivity (Wildman–Crippen MR) is 68.4 cm³/mol. The molecule has 1 aromatic rings. The molecule has 0 bridgehead atoms. The molecule has 0 radical (unpaired) electrons. The molecule has 1 amide bonds. The van der Waals surface area contributed by atoms with E-state index in [0.29, 0.717) is 30.5 Å². The molecule has 1 aromatic heterocycles. The second-order valence-corrected chi connectivity index (χ2v) is 5.24. The van der Waals surface area contributed by atoms with Crippen LogP contribution in [0.2, 0.25) is 0 Å². The Morgan fingerprint density at radius 3 is 3.05 bits per heavy atom. The van der Waals surface area contributed by atoms with Gasteiger partial charge in [-0.25, -0.2) is 4.98 Å². The van der Waals surface area contributed by atoms with E-state index in [2.05, 4.69) is 20.2 Å². The van der Waals surface area contributed by atoms with Crippen molar-refractivity contribution in [1.29, 1.82) is 0 Å². The van der Waals surface area contributed by atoms with Gasteiger partial charge in [0.2, 0.25) is 5.88 Å². The molecule has 2 aliphatic heterocycles. The van der Waals surface area contributed by atoms with Gasteiger partial charge in [0, 0.05) is 13.1 Å². The number of rotatable bonds is 1. The highest BCUT2D eigenvalue weighted by Crippen LogP contribution is 2.34. The largest absolute Gasteiger partial charge is 0.466 e. The van der Waals surface area contributed by atoms with Gasteiger partial charge in [-0.15, -0.1) is 0 Å². The second kappa shape index (κ2) is 4.34. The molecule has 19 heavy (non-hydrogen) atoms. The fourth-order valence-corrected chi connectivity index (χ4v) is 2.33. The number of nitrogens with zero attached hydrogens (tertiary/aromatic N) is 3. The minimum atomic E-state index is -0.240. The molecule has 3 rings (SSSR count). The van der Waals surface area contributed by atoms with E-state index in [0.717, 1.165) is 6.54 Å². The van der Waals surface area contributed by atoms with E-state index in [4.69, 9.17) is 9.47 Å². The van der Waals surface area contributed by atoms with Gasteiger partial charge in [-0.3, -0.25) is 4.79 Å². The van der Waals surface area contributed by atoms with Crippen molar-refractivity contribution >= 4 is 17.4 Å². The van der Waals surface area contributed by atoms with Crippen molar-refractivity contribution < 1.29 is 14.3 Å². The third-order valence-corrected chi connectivity index (χ3v) is 3.12. The highest BCUT2D eigenvalue weighted by Gasteiger charge is 2.31. The van der Waals surface area contributed by atoms with E-state index < -0.39 is 0 Å². The first-order valence-corrected chi connectivity index (χ1v) is 6.22. The Hall–Kier alpha value is -1.89. The van der Waals surface area contributed by atoms with Gasteiger partial charge in [0.15, 0.2) is 12.4 Å². The number of amides is 1. The Morgan fingerprint density at radius 1 is 1.42 bits per heavy atom. The molecule has 1 N–H and O–H groups in total. The summed E-state index contributed by atoms with van der Waals surface area (Å²) in [7, 11) is 0. The van der Waals surface area contributed by atoms with Crippen LogP contribution in [0.15, 0.2) is 6.33 Å². The van der Waals surface area contributed by atoms with Gasteiger partial charge in [-0.05, 0) is 13.8 Å². The number of ether oxygens (including phenoxy) is 2. The van der Waals surface area contributed by atoms with Gasteiger partial charge in [0.25, 0.3) is 5.91 Å². The predicted octanol–water partition coefficient (Wildman–Crippen LogP) is 0.423. The second-order valence-electron chi connectivity index (χ2n) is 5.24. The molecule has 7 nitrogen and oxygen atoms in total. The van der Waals surface area contributed by atoms with Gasteiger partial charge < -0.3 is 19.7 Å². The fourth-order valence-electron chi connectivity index (χ4n) is 2.33. The number of anilines is 2. The van der Waals surface area contributed by atoms with Crippen molar-refractivity contribution in [3.8, 4) is 5.88 Å². The Balaban J connectivity index is 1.94. The van der Waals surface area contributed by atoms with Crippen LogP contribution in [-0.4, -0.2) is 47.8 Å². The molecule has 3 heterocycles. The van der Waals surface area contributed by atoms with E-state index in [1.54, 1.807) is 0 Å². The van der Waals surface area contributed by atoms with Crippen LogP contribution in [0.3, 0.4) is 0 Å². The van der Waals surface area contributed by atoms with Gasteiger partial charge in [-0.2, -0.15) is 4.98 Å². The molecular weight excluding hydrogens is 248 g/mol. The summed E-state index contributed by atoms with van der Waals surface area (Å²) < 4.78 is 11.0. The van der Waals surface area contributed by atoms with Crippen molar-refractivity contribution in [3.05, 3.63) is 6.33 Å². The summed E-state index contributed by atoms with van der Waals surface area (Å²) in [5.74, 6) is 0.930. The van der Waals surface area contributed by atoms with Crippen LogP contribution >= 0.6 is 0 Å². The average Bonchev–Trinajstić information content (AvgIpc) is 2.36. The normalized spacial score (nSPS) is 21.4. The average molecular weight is 264 g/mol. The quantitative estimate of drug-likeness (QED) is 0.792. The molecule has 2 aliphatic rings. The lowest BCUT2D eigenvalue weighted by atomic mass is 10.1. The summed E-state index contributed by atoms with van der Waals surface area (Å²) in [6.45, 7) is 6.11. The van der Waals surface area contributed by atoms with E-state index in [-0.39, 0.29) is 18.1 Å². The minimum Gasteiger partial charge on any atom is -0.466 e. The molecule has 0 saturated carbocycles. The van der Waals surface area contributed by atoms with Crippen molar-refractivity contribution in [2.45, 2.75) is 19.4 Å². The van der Waals surface area contributed by atoms with Crippen LogP contribution < -0.4 is 15.0 Å². The Bertz CT molecular complexity index is 518. The number of hydrogen-bond acceptors (Lipinski definition) is 6. The Labute approximate surface area is 110 Å². The van der Waals surface area contributed by atoms with Gasteiger partial charge >= 0.3 is 0 Å². The first kappa shape index (κ1) is 12.2. The number of morpholine rings is 1. The lowest BCUT2D eigenvalue weighted by Crippen LogP contribution is -2.49. The van der Waals surface area contributed by atoms with Crippen LogP contribution in [0, 0.1) is 0 Å². The topological polar surface area (TPSA) is 76.6 Å². The highest BCUT2D eigenvalue weighted by atomic mass is 16.5. The van der Waals surface area contributed by atoms with E-state index in [1.807, 2.05) is 13.8 Å². The lowest BCUT2D eigenvalue weighted by Gasteiger charge is -2.39. The zero-order valence-corrected chi connectivity index (χ0v) is 11.0. The molecule has 1 saturated heterocycles. The smallest absolute Gasteiger partial charge is 0.262 e. The van der Waals surface area contributed by atoms with E-state index >= 15 is 0 Å². The van der Waals surface area contributed by atoms with Crippen LogP contribution in [0.1, 0.15) is 13.8 Å². The lowest BCUT2D eigenvalue weighted by molar-refractivity contribution is -0.118. The molecule has 0 unspecified atom stereocenters. The molecule has 0 spiro atoms. The monoisotopic (exact) mass is 264 g/mol. The summed E-state index contributed by atoms with van der Waals surface area (Å²) in [4.78, 5) is 21.9. The highest BCUT2D eigenvalue weighted by molar-refractivity contribution is 5.98. The number of carbonyl (C=O) groups excluding carboxylic acids is 1. The van der Waals surface area contributed by atoms with Crippen LogP contribution in [0.4, 0.5) is 11.5 Å². The van der Waals surface area contributed by atoms with Crippen molar-refractivity contribution in [1.82, 2.24) is 9.97 Å². The molecular formula is C12H16N4O3. The third kappa shape index (κ3) is 2.33. The van der Waals surface area contributed by atoms with Gasteiger partial charge in [0.05, 0.1) is 12.2 Å². The SMILES string of the molecule is CC1(C)CN(c2ncnc3c2NC(=O)CO3)CCO1. The summed E-state index contributed by atoms with van der Waals surface area (Å²) in [5, 5.41) is 2.78. The van der Waals surface area contributed by atoms with E-state index in [9.17, 15) is 4.79 Å². The van der Waals surface area contributed by atoms with Gasteiger partial charge in [0.1, 0.15) is 12.0 Å². The minimum absolute atomic E-state index is 0.00193. The summed E-state index contributed by atoms with van der Waals surface area (Å²) in [6.07, 6.45) is 1.45. The van der Waals surface area contributed by atoms with Crippen LogP contribution in [-0.2, 0) is 9.53 Å². The van der Waals surface area contributed by atoms with Crippen molar-refractivity contribution in [2.75, 3.05) is 36.5 Å². The molecule has 7 heteroatoms. The number of hydrogen-bond donors (Lipinski definition) is 1. The standard InChI is InChI=1S/C12H16N4O3/c1-12(2)6-16(3-4-19-12)10-9-11(14-7-13-10)18-5-8(17)15-9/h7H,3-6H2,1-2H3,(H,15,17). The number of carbonyl (C=O) groups is 1. The van der Waals surface area contributed by atoms with Crippen LogP contribution in [0.25, 0.3) is 0 Å². The third-order valence-electron chi connectivity index (χ3n) is 3.12. The maximum atomic E-state index is 11.5. The number of aromatic nitrogens is 2. The zero-order valence-electron chi connectivity index (χ0n) is 11.0. The van der Waals surface area contributed by atoms with Crippen molar-refractivity contribution in [3.63, 3.8) is 0 Å². The summed E-state index contributed by atoms with van der Waals surface area (Å²) in [5.41, 5.74) is 0.312. The summed E-state index contributed by atoms with van der Waals surface area (Å²) in [6, 6.07) is 0. The first-order valence-electron chi connectivity index (χ1n) is 6.22. The van der Waals surface area contributed by atoms with Gasteiger partial charge in [-0.1, -0.05) is 0 Å². The zero-order chi connectivity index (χ0) is 13.5. The maximum absolute atomic E-state index is 11.5. The molecule has 0 aromatic carbocycles. The summed E-state index contributed by atoms with van der Waals surface area (Å²) >= 11 is 0. The number of fused-ring (bicyclic) bond motifs is 1. The Morgan fingerprint density at radius 2 is 2.26 bits per heavy atom. The maximum Gasteiger partial charge on any atom is 0.262 e. The molecule has 0 aliphatic carbocycles. The van der Waals surface area contributed by atoms with Crippen molar-refractivity contribution in [2.24, 2.45) is 0 Å². The molecule has 1 fully saturated rings. The van der Waals surface area contributed by atoms with Crippen LogP contribution in [0.5, 0.6) is 5.88 Å². The van der Waals surface area contributed by atoms with E-state index in [1.165, 1.54) is 6.33 Å². The Kier molecular flexibility index (Phi) is 2.78.